The summed E-state index contributed by atoms with van der Waals surface area (Å²) in [7, 11) is -2.85. The van der Waals surface area contributed by atoms with Gasteiger partial charge in [0.25, 0.3) is 0 Å². The Bertz CT molecular complexity index is 794. The molecule has 108 valence electrons. The molecule has 0 atom stereocenters. The van der Waals surface area contributed by atoms with E-state index in [1.165, 1.54) is 6.07 Å². The molecule has 20 heavy (non-hydrogen) atoms. The van der Waals surface area contributed by atoms with Crippen molar-refractivity contribution in [1.82, 2.24) is 4.98 Å². The van der Waals surface area contributed by atoms with Gasteiger partial charge >= 0.3 is 0 Å². The van der Waals surface area contributed by atoms with Crippen molar-refractivity contribution in [3.05, 3.63) is 22.9 Å². The Morgan fingerprint density at radius 2 is 1.95 bits per heavy atom. The second kappa shape index (κ2) is 5.31. The van der Waals surface area contributed by atoms with Gasteiger partial charge in [0.2, 0.25) is 9.05 Å². The standard InChI is InChI=1S/C11H11ClN2O4S2/c12-20(17,18)5-4-19(15,16)11-9(7-13)6-8-2-1-3-10(8)14-11/h6H,1-5H2. The summed E-state index contributed by atoms with van der Waals surface area (Å²) in [6.07, 6.45) is 2.30. The van der Waals surface area contributed by atoms with Gasteiger partial charge in [0.05, 0.1) is 17.1 Å². The molecular weight excluding hydrogens is 324 g/mol. The molecule has 0 spiro atoms. The van der Waals surface area contributed by atoms with Crippen molar-refractivity contribution >= 4 is 29.6 Å². The average molecular weight is 335 g/mol. The van der Waals surface area contributed by atoms with E-state index in [1.54, 1.807) is 6.07 Å². The zero-order chi connectivity index (χ0) is 15.0. The van der Waals surface area contributed by atoms with E-state index in [-0.39, 0.29) is 10.6 Å². The summed E-state index contributed by atoms with van der Waals surface area (Å²) in [4.78, 5) is 4.05. The van der Waals surface area contributed by atoms with Crippen LogP contribution in [-0.4, -0.2) is 33.3 Å². The minimum Gasteiger partial charge on any atom is -0.240 e. The van der Waals surface area contributed by atoms with E-state index < -0.39 is 30.4 Å². The van der Waals surface area contributed by atoms with E-state index in [2.05, 4.69) is 4.98 Å². The maximum absolute atomic E-state index is 12.1. The van der Waals surface area contributed by atoms with Crippen molar-refractivity contribution in [3.63, 3.8) is 0 Å². The molecule has 0 aromatic carbocycles. The van der Waals surface area contributed by atoms with E-state index in [0.29, 0.717) is 12.1 Å². The minimum absolute atomic E-state index is 0.0439. The number of hydrogen-bond acceptors (Lipinski definition) is 6. The number of nitriles is 1. The topological polar surface area (TPSA) is 105 Å². The second-order valence-corrected chi connectivity index (χ2v) is 9.40. The smallest absolute Gasteiger partial charge is 0.233 e. The summed E-state index contributed by atoms with van der Waals surface area (Å²) >= 11 is 0. The lowest BCUT2D eigenvalue weighted by molar-refractivity contribution is 0.589. The van der Waals surface area contributed by atoms with Gasteiger partial charge in [-0.25, -0.2) is 21.8 Å². The fourth-order valence-electron chi connectivity index (χ4n) is 2.08. The van der Waals surface area contributed by atoms with Crippen LogP contribution in [0, 0.1) is 11.3 Å². The first kappa shape index (κ1) is 15.2. The van der Waals surface area contributed by atoms with Crippen LogP contribution < -0.4 is 0 Å². The summed E-state index contributed by atoms with van der Waals surface area (Å²) < 4.78 is 46.0. The second-order valence-electron chi connectivity index (χ2n) is 4.47. The van der Waals surface area contributed by atoms with Crippen molar-refractivity contribution in [2.45, 2.75) is 24.3 Å². The molecule has 0 saturated carbocycles. The molecule has 0 fully saturated rings. The van der Waals surface area contributed by atoms with Gasteiger partial charge in [0.15, 0.2) is 14.9 Å². The third-order valence-corrected chi connectivity index (χ3v) is 6.08. The molecule has 1 aromatic heterocycles. The van der Waals surface area contributed by atoms with Gasteiger partial charge in [-0.1, -0.05) is 0 Å². The number of hydrogen-bond donors (Lipinski definition) is 0. The van der Waals surface area contributed by atoms with Gasteiger partial charge in [-0.2, -0.15) is 5.26 Å². The number of pyridine rings is 1. The number of rotatable bonds is 4. The third-order valence-electron chi connectivity index (χ3n) is 3.03. The van der Waals surface area contributed by atoms with E-state index >= 15 is 0 Å². The molecule has 0 aliphatic heterocycles. The molecule has 0 unspecified atom stereocenters. The maximum atomic E-state index is 12.1. The lowest BCUT2D eigenvalue weighted by atomic mass is 10.2. The molecule has 1 heterocycles. The molecular formula is C11H11ClN2O4S2. The zero-order valence-electron chi connectivity index (χ0n) is 10.3. The normalized spacial score (nSPS) is 14.8. The van der Waals surface area contributed by atoms with E-state index in [9.17, 15) is 16.8 Å². The van der Waals surface area contributed by atoms with Gasteiger partial charge in [-0.05, 0) is 30.9 Å². The van der Waals surface area contributed by atoms with Crippen molar-refractivity contribution in [2.75, 3.05) is 11.5 Å². The number of aryl methyl sites for hydroxylation is 2. The summed E-state index contributed by atoms with van der Waals surface area (Å²) in [5.41, 5.74) is 1.50. The van der Waals surface area contributed by atoms with Gasteiger partial charge in [0.1, 0.15) is 6.07 Å². The van der Waals surface area contributed by atoms with Gasteiger partial charge in [-0.3, -0.25) is 0 Å². The molecule has 1 aliphatic carbocycles. The van der Waals surface area contributed by atoms with Crippen LogP contribution >= 0.6 is 10.7 Å². The Hall–Kier alpha value is -1.17. The summed E-state index contributed by atoms with van der Waals surface area (Å²) in [5, 5.41) is 8.70. The monoisotopic (exact) mass is 334 g/mol. The van der Waals surface area contributed by atoms with Crippen LogP contribution in [0.3, 0.4) is 0 Å². The number of sulfone groups is 1. The molecule has 0 saturated heterocycles. The van der Waals surface area contributed by atoms with Crippen molar-refractivity contribution in [1.29, 1.82) is 5.26 Å². The van der Waals surface area contributed by atoms with Crippen LogP contribution in [0.1, 0.15) is 23.2 Å². The van der Waals surface area contributed by atoms with Crippen LogP contribution in [0.15, 0.2) is 11.1 Å². The maximum Gasteiger partial charge on any atom is 0.233 e. The molecule has 0 N–H and O–H groups in total. The van der Waals surface area contributed by atoms with Crippen LogP contribution in [0.5, 0.6) is 0 Å². The molecule has 9 heteroatoms. The Morgan fingerprint density at radius 3 is 2.55 bits per heavy atom. The predicted octanol–water partition coefficient (Wildman–Crippen LogP) is 0.784. The van der Waals surface area contributed by atoms with Crippen LogP contribution in [0.2, 0.25) is 0 Å². The van der Waals surface area contributed by atoms with Crippen molar-refractivity contribution < 1.29 is 16.8 Å². The first-order chi connectivity index (χ1) is 9.23. The Balaban J connectivity index is 2.44. The molecule has 0 bridgehead atoms. The van der Waals surface area contributed by atoms with Gasteiger partial charge in [0, 0.05) is 16.4 Å². The van der Waals surface area contributed by atoms with E-state index in [1.807, 2.05) is 0 Å². The third kappa shape index (κ3) is 3.29. The first-order valence-corrected chi connectivity index (χ1v) is 9.94. The Morgan fingerprint density at radius 1 is 1.25 bits per heavy atom. The molecule has 1 aromatic rings. The Labute approximate surface area is 121 Å². The summed E-state index contributed by atoms with van der Waals surface area (Å²) in [5.74, 6) is -1.39. The fraction of sp³-hybridized carbons (Fsp3) is 0.455. The van der Waals surface area contributed by atoms with E-state index in [4.69, 9.17) is 15.9 Å². The molecule has 0 amide bonds. The van der Waals surface area contributed by atoms with Crippen LogP contribution in [0.4, 0.5) is 0 Å². The highest BCUT2D eigenvalue weighted by atomic mass is 35.7. The van der Waals surface area contributed by atoms with Crippen molar-refractivity contribution in [3.8, 4) is 6.07 Å². The highest BCUT2D eigenvalue weighted by molar-refractivity contribution is 8.14. The summed E-state index contributed by atoms with van der Waals surface area (Å²) in [6, 6.07) is 3.33. The zero-order valence-corrected chi connectivity index (χ0v) is 12.7. The number of halogens is 1. The quantitative estimate of drug-likeness (QED) is 0.753. The molecule has 1 aliphatic rings. The molecule has 0 radical (unpaired) electrons. The first-order valence-electron chi connectivity index (χ1n) is 5.81. The van der Waals surface area contributed by atoms with E-state index in [0.717, 1.165) is 18.4 Å². The lowest BCUT2D eigenvalue weighted by Crippen LogP contribution is -2.17. The average Bonchev–Trinajstić information content (AvgIpc) is 2.81. The lowest BCUT2D eigenvalue weighted by Gasteiger charge is -2.07. The molecule has 2 rings (SSSR count). The minimum atomic E-state index is -3.96. The number of nitrogens with zero attached hydrogens (tertiary/aromatic N) is 2. The van der Waals surface area contributed by atoms with Crippen LogP contribution in [0.25, 0.3) is 0 Å². The summed E-state index contributed by atoms with van der Waals surface area (Å²) in [6.45, 7) is 0. The highest BCUT2D eigenvalue weighted by Gasteiger charge is 2.26. The number of fused-ring (bicyclic) bond motifs is 1. The van der Waals surface area contributed by atoms with Crippen LogP contribution in [-0.2, 0) is 31.7 Å². The highest BCUT2D eigenvalue weighted by Crippen LogP contribution is 2.25. The fourth-order valence-corrected chi connectivity index (χ4v) is 5.20. The molecule has 6 nitrogen and oxygen atoms in total. The van der Waals surface area contributed by atoms with Crippen molar-refractivity contribution in [2.24, 2.45) is 0 Å². The SMILES string of the molecule is N#Cc1cc2c(nc1S(=O)(=O)CCS(=O)(=O)Cl)CCC2. The Kier molecular flexibility index (Phi) is 4.04. The number of aromatic nitrogens is 1. The largest absolute Gasteiger partial charge is 0.240 e. The van der Waals surface area contributed by atoms with Gasteiger partial charge < -0.3 is 0 Å². The van der Waals surface area contributed by atoms with Gasteiger partial charge in [-0.15, -0.1) is 0 Å². The predicted molar refractivity (Wildman–Crippen MR) is 72.7 cm³/mol.